The number of nitrogens with one attached hydrogen (secondary N) is 4. The van der Waals surface area contributed by atoms with Crippen molar-refractivity contribution in [3.8, 4) is 11.1 Å². The Morgan fingerprint density at radius 3 is 2.68 bits per heavy atom. The van der Waals surface area contributed by atoms with Crippen LogP contribution in [-0.4, -0.2) is 45.9 Å². The van der Waals surface area contributed by atoms with Crippen molar-refractivity contribution in [3.63, 3.8) is 0 Å². The van der Waals surface area contributed by atoms with E-state index in [1.165, 1.54) is 6.92 Å². The Morgan fingerprint density at radius 1 is 1.05 bits per heavy atom. The predicted octanol–water partition coefficient (Wildman–Crippen LogP) is 4.64. The smallest absolute Gasteiger partial charge is 0.270 e. The number of anilines is 3. The summed E-state index contributed by atoms with van der Waals surface area (Å²) in [7, 11) is 0. The molecule has 1 atom stereocenters. The molecule has 5 rings (SSSR count). The Bertz CT molecular complexity index is 1470. The van der Waals surface area contributed by atoms with Gasteiger partial charge < -0.3 is 21.3 Å². The first-order valence-corrected chi connectivity index (χ1v) is 12.8. The summed E-state index contributed by atoms with van der Waals surface area (Å²) in [5.41, 5.74) is 3.62. The first-order valence-electron chi connectivity index (χ1n) is 12.1. The van der Waals surface area contributed by atoms with Gasteiger partial charge in [0.1, 0.15) is 5.69 Å². The Labute approximate surface area is 222 Å². The van der Waals surface area contributed by atoms with E-state index in [4.69, 9.17) is 4.98 Å². The number of hydrogen-bond donors (Lipinski definition) is 4. The molecule has 1 fully saturated rings. The molecule has 188 valence electrons. The van der Waals surface area contributed by atoms with E-state index in [2.05, 4.69) is 47.2 Å². The third-order valence-electron chi connectivity index (χ3n) is 6.06. The third kappa shape index (κ3) is 5.92. The van der Waals surface area contributed by atoms with Gasteiger partial charge in [-0.2, -0.15) is 4.98 Å². The van der Waals surface area contributed by atoms with Gasteiger partial charge in [0, 0.05) is 52.5 Å². The SMILES string of the molecule is CC(=O)Nc1cccc(Nc2ncc3cc(-c4ccccc4Br)c(C(=O)NCC4CCCN4)nc3n2)c1. The highest BCUT2D eigenvalue weighted by atomic mass is 79.9. The first kappa shape index (κ1) is 24.8. The molecule has 37 heavy (non-hydrogen) atoms. The first-order chi connectivity index (χ1) is 18.0. The second-order valence-electron chi connectivity index (χ2n) is 8.86. The third-order valence-corrected chi connectivity index (χ3v) is 6.75. The monoisotopic (exact) mass is 559 g/mol. The van der Waals surface area contributed by atoms with Gasteiger partial charge in [0.15, 0.2) is 5.65 Å². The Kier molecular flexibility index (Phi) is 7.38. The summed E-state index contributed by atoms with van der Waals surface area (Å²) < 4.78 is 0.862. The van der Waals surface area contributed by atoms with Crippen LogP contribution in [0.2, 0.25) is 0 Å². The fraction of sp³-hybridized carbons (Fsp3) is 0.222. The van der Waals surface area contributed by atoms with Crippen LogP contribution >= 0.6 is 15.9 Å². The maximum Gasteiger partial charge on any atom is 0.270 e. The molecule has 4 N–H and O–H groups in total. The predicted molar refractivity (Wildman–Crippen MR) is 148 cm³/mol. The summed E-state index contributed by atoms with van der Waals surface area (Å²) in [6, 6.07) is 17.1. The minimum absolute atomic E-state index is 0.154. The largest absolute Gasteiger partial charge is 0.349 e. The van der Waals surface area contributed by atoms with E-state index in [0.29, 0.717) is 46.2 Å². The van der Waals surface area contributed by atoms with E-state index in [1.54, 1.807) is 18.3 Å². The van der Waals surface area contributed by atoms with Crippen molar-refractivity contribution in [1.29, 1.82) is 0 Å². The topological polar surface area (TPSA) is 121 Å². The molecule has 3 heterocycles. The Morgan fingerprint density at radius 2 is 1.89 bits per heavy atom. The van der Waals surface area contributed by atoms with E-state index in [0.717, 1.165) is 29.4 Å². The van der Waals surface area contributed by atoms with Gasteiger partial charge in [-0.15, -0.1) is 0 Å². The number of hydrogen-bond acceptors (Lipinski definition) is 7. The Balaban J connectivity index is 1.49. The lowest BCUT2D eigenvalue weighted by atomic mass is 10.0. The van der Waals surface area contributed by atoms with Gasteiger partial charge in [-0.1, -0.05) is 40.2 Å². The molecule has 9 nitrogen and oxygen atoms in total. The number of rotatable bonds is 7. The summed E-state index contributed by atoms with van der Waals surface area (Å²) in [4.78, 5) is 38.4. The van der Waals surface area contributed by atoms with Crippen molar-refractivity contribution in [3.05, 3.63) is 71.0 Å². The van der Waals surface area contributed by atoms with E-state index in [9.17, 15) is 9.59 Å². The molecule has 0 bridgehead atoms. The molecule has 10 heteroatoms. The van der Waals surface area contributed by atoms with Crippen LogP contribution in [-0.2, 0) is 4.79 Å². The summed E-state index contributed by atoms with van der Waals surface area (Å²) in [6.45, 7) is 2.96. The van der Waals surface area contributed by atoms with Gasteiger partial charge in [-0.05, 0) is 55.3 Å². The highest BCUT2D eigenvalue weighted by Crippen LogP contribution is 2.32. The van der Waals surface area contributed by atoms with Crippen molar-refractivity contribution < 1.29 is 9.59 Å². The zero-order valence-corrected chi connectivity index (χ0v) is 21.8. The van der Waals surface area contributed by atoms with Crippen LogP contribution in [0.1, 0.15) is 30.3 Å². The molecule has 1 aliphatic heterocycles. The summed E-state index contributed by atoms with van der Waals surface area (Å²) in [6.07, 6.45) is 3.82. The second-order valence-corrected chi connectivity index (χ2v) is 9.72. The number of pyridine rings is 1. The average Bonchev–Trinajstić information content (AvgIpc) is 3.40. The van der Waals surface area contributed by atoms with Gasteiger partial charge >= 0.3 is 0 Å². The molecule has 1 aliphatic rings. The molecule has 2 aromatic carbocycles. The minimum Gasteiger partial charge on any atom is -0.349 e. The lowest BCUT2D eigenvalue weighted by Gasteiger charge is -2.15. The van der Waals surface area contributed by atoms with E-state index < -0.39 is 0 Å². The number of carbonyl (C=O) groups excluding carboxylic acids is 2. The fourth-order valence-corrected chi connectivity index (χ4v) is 4.82. The summed E-state index contributed by atoms with van der Waals surface area (Å²) in [5, 5.41) is 13.0. The molecule has 0 aliphatic carbocycles. The van der Waals surface area contributed by atoms with Crippen LogP contribution < -0.4 is 21.3 Å². The number of fused-ring (bicyclic) bond motifs is 1. The number of amides is 2. The average molecular weight is 560 g/mol. The molecule has 2 aromatic heterocycles. The fourth-order valence-electron chi connectivity index (χ4n) is 4.32. The minimum atomic E-state index is -0.252. The molecule has 0 radical (unpaired) electrons. The van der Waals surface area contributed by atoms with Gasteiger partial charge in [-0.25, -0.2) is 9.97 Å². The zero-order chi connectivity index (χ0) is 25.8. The van der Waals surface area contributed by atoms with Gasteiger partial charge in [0.25, 0.3) is 5.91 Å². The molecule has 2 amide bonds. The Hall–Kier alpha value is -3.89. The summed E-state index contributed by atoms with van der Waals surface area (Å²) >= 11 is 3.61. The van der Waals surface area contributed by atoms with Crippen molar-refractivity contribution in [2.75, 3.05) is 23.7 Å². The molecule has 0 spiro atoms. The van der Waals surface area contributed by atoms with Crippen LogP contribution in [0, 0.1) is 0 Å². The lowest BCUT2D eigenvalue weighted by Crippen LogP contribution is -2.37. The molecule has 4 aromatic rings. The quantitative estimate of drug-likeness (QED) is 0.260. The standard InChI is InChI=1S/C27H26BrN7O2/c1-16(36)32-18-6-4-7-19(13-18)33-27-31-14-17-12-22(21-9-2-3-10-23(21)28)24(34-25(17)35-27)26(37)30-15-20-8-5-11-29-20/h2-4,6-7,9-10,12-14,20,29H,5,8,11,15H2,1H3,(H,30,37)(H,32,36)(H,31,33,34,35). The van der Waals surface area contributed by atoms with Crippen molar-refractivity contribution in [2.45, 2.75) is 25.8 Å². The van der Waals surface area contributed by atoms with E-state index in [-0.39, 0.29) is 17.9 Å². The number of halogens is 1. The molecule has 0 saturated carbocycles. The van der Waals surface area contributed by atoms with Crippen molar-refractivity contribution >= 4 is 56.1 Å². The molecular formula is C27H26BrN7O2. The maximum absolute atomic E-state index is 13.3. The second kappa shape index (κ2) is 11.0. The van der Waals surface area contributed by atoms with E-state index in [1.807, 2.05) is 42.5 Å². The number of aromatic nitrogens is 3. The normalized spacial score (nSPS) is 14.9. The van der Waals surface area contributed by atoms with Crippen LogP contribution in [0.25, 0.3) is 22.2 Å². The van der Waals surface area contributed by atoms with Crippen molar-refractivity contribution in [1.82, 2.24) is 25.6 Å². The number of nitrogens with zero attached hydrogens (tertiary/aromatic N) is 3. The van der Waals surface area contributed by atoms with Crippen LogP contribution in [0.3, 0.4) is 0 Å². The van der Waals surface area contributed by atoms with E-state index >= 15 is 0 Å². The number of benzene rings is 2. The maximum atomic E-state index is 13.3. The van der Waals surface area contributed by atoms with Crippen LogP contribution in [0.5, 0.6) is 0 Å². The molecule has 1 saturated heterocycles. The van der Waals surface area contributed by atoms with Gasteiger partial charge in [-0.3, -0.25) is 9.59 Å². The van der Waals surface area contributed by atoms with Crippen LogP contribution in [0.15, 0.2) is 65.3 Å². The zero-order valence-electron chi connectivity index (χ0n) is 20.2. The van der Waals surface area contributed by atoms with Gasteiger partial charge in [0.2, 0.25) is 11.9 Å². The summed E-state index contributed by atoms with van der Waals surface area (Å²) in [5.74, 6) is -0.0775. The van der Waals surface area contributed by atoms with Gasteiger partial charge in [0.05, 0.1) is 0 Å². The van der Waals surface area contributed by atoms with Crippen LogP contribution in [0.4, 0.5) is 17.3 Å². The highest BCUT2D eigenvalue weighted by molar-refractivity contribution is 9.10. The molecular weight excluding hydrogens is 534 g/mol. The lowest BCUT2D eigenvalue weighted by molar-refractivity contribution is -0.114. The highest BCUT2D eigenvalue weighted by Gasteiger charge is 2.21. The molecule has 1 unspecified atom stereocenters. The van der Waals surface area contributed by atoms with Crippen molar-refractivity contribution in [2.24, 2.45) is 0 Å². The number of carbonyl (C=O) groups is 2.